The molecule has 1 aromatic rings. The minimum absolute atomic E-state index is 0.153. The molecule has 1 unspecified atom stereocenters. The molecule has 1 aromatic carbocycles. The number of benzene rings is 1. The maximum Gasteiger partial charge on any atom is 0.334 e. The van der Waals surface area contributed by atoms with E-state index in [9.17, 15) is 9.18 Å². The van der Waals surface area contributed by atoms with Crippen LogP contribution in [0.5, 0.6) is 0 Å². The Labute approximate surface area is 86.4 Å². The molecule has 4 nitrogen and oxygen atoms in total. The zero-order valence-corrected chi connectivity index (χ0v) is 8.20. The third kappa shape index (κ3) is 2.92. The number of aliphatic hydroxyl groups is 1. The van der Waals surface area contributed by atoms with Crippen molar-refractivity contribution < 1.29 is 19.4 Å². The maximum absolute atomic E-state index is 13.0. The number of nitrogens with one attached hydrogen (secondary N) is 1. The summed E-state index contributed by atoms with van der Waals surface area (Å²) in [6.07, 6.45) is -1.49. The van der Waals surface area contributed by atoms with Crippen LogP contribution in [0.1, 0.15) is 5.56 Å². The van der Waals surface area contributed by atoms with Gasteiger partial charge in [-0.1, -0.05) is 6.07 Å². The maximum atomic E-state index is 13.0. The van der Waals surface area contributed by atoms with E-state index < -0.39 is 12.1 Å². The highest BCUT2D eigenvalue weighted by Gasteiger charge is 2.13. The molecule has 0 bridgehead atoms. The van der Waals surface area contributed by atoms with E-state index in [1.165, 1.54) is 12.1 Å². The zero-order chi connectivity index (χ0) is 11.4. The van der Waals surface area contributed by atoms with Gasteiger partial charge in [0, 0.05) is 11.3 Å². The van der Waals surface area contributed by atoms with Crippen molar-refractivity contribution in [3.63, 3.8) is 0 Å². The number of hydrogen-bond acceptors (Lipinski definition) is 3. The lowest BCUT2D eigenvalue weighted by molar-refractivity contribution is -0.145. The molecule has 0 aliphatic carbocycles. The molecule has 0 heterocycles. The van der Waals surface area contributed by atoms with Crippen LogP contribution in [0.2, 0.25) is 0 Å². The van der Waals surface area contributed by atoms with E-state index in [1.807, 2.05) is 0 Å². The lowest BCUT2D eigenvalue weighted by Gasteiger charge is -2.11. The van der Waals surface area contributed by atoms with Crippen molar-refractivity contribution in [1.29, 1.82) is 0 Å². The average molecular weight is 213 g/mol. The largest absolute Gasteiger partial charge is 0.479 e. The minimum atomic E-state index is -1.49. The number of halogens is 1. The van der Waals surface area contributed by atoms with Gasteiger partial charge in [0.1, 0.15) is 5.82 Å². The first kappa shape index (κ1) is 11.5. The molecule has 0 spiro atoms. The second kappa shape index (κ2) is 4.75. The molecule has 1 atom stereocenters. The highest BCUT2D eigenvalue weighted by Crippen LogP contribution is 2.17. The monoisotopic (exact) mass is 213 g/mol. The summed E-state index contributed by atoms with van der Waals surface area (Å²) in [7, 11) is 0. The summed E-state index contributed by atoms with van der Waals surface area (Å²) < 4.78 is 13.0. The van der Waals surface area contributed by atoms with E-state index in [4.69, 9.17) is 10.2 Å². The van der Waals surface area contributed by atoms with E-state index in [0.717, 1.165) is 0 Å². The molecule has 0 amide bonds. The molecule has 0 aliphatic rings. The number of carbonyl (C=O) groups is 1. The van der Waals surface area contributed by atoms with Gasteiger partial charge >= 0.3 is 5.97 Å². The van der Waals surface area contributed by atoms with Gasteiger partial charge in [-0.2, -0.15) is 0 Å². The van der Waals surface area contributed by atoms with Gasteiger partial charge in [-0.15, -0.1) is 0 Å². The highest BCUT2D eigenvalue weighted by molar-refractivity contribution is 5.72. The third-order valence-electron chi connectivity index (χ3n) is 2.04. The second-order valence-corrected chi connectivity index (χ2v) is 3.15. The summed E-state index contributed by atoms with van der Waals surface area (Å²) in [4.78, 5) is 10.3. The molecular formula is C10H12FNO3. The van der Waals surface area contributed by atoms with Gasteiger partial charge in [0.05, 0.1) is 6.54 Å². The van der Waals surface area contributed by atoms with Gasteiger partial charge in [-0.05, 0) is 19.1 Å². The summed E-state index contributed by atoms with van der Waals surface area (Å²) in [5.41, 5.74) is 0.880. The molecule has 0 aliphatic heterocycles. The molecule has 0 radical (unpaired) electrons. The Morgan fingerprint density at radius 3 is 2.87 bits per heavy atom. The van der Waals surface area contributed by atoms with E-state index in [-0.39, 0.29) is 12.4 Å². The van der Waals surface area contributed by atoms with E-state index in [0.29, 0.717) is 11.3 Å². The fourth-order valence-electron chi connectivity index (χ4n) is 1.09. The molecule has 82 valence electrons. The summed E-state index contributed by atoms with van der Waals surface area (Å²) in [5.74, 6) is -1.68. The number of carboxylic acid groups (broad SMARTS) is 1. The average Bonchev–Trinajstić information content (AvgIpc) is 2.19. The lowest BCUT2D eigenvalue weighted by atomic mass is 10.2. The van der Waals surface area contributed by atoms with Crippen molar-refractivity contribution in [3.05, 3.63) is 29.6 Å². The van der Waals surface area contributed by atoms with Crippen LogP contribution < -0.4 is 5.32 Å². The van der Waals surface area contributed by atoms with Crippen molar-refractivity contribution >= 4 is 11.7 Å². The SMILES string of the molecule is Cc1c(F)cccc1NCC(O)C(=O)O. The van der Waals surface area contributed by atoms with Crippen LogP contribution >= 0.6 is 0 Å². The number of aliphatic hydroxyl groups excluding tert-OH is 1. The van der Waals surface area contributed by atoms with Gasteiger partial charge in [0.25, 0.3) is 0 Å². The highest BCUT2D eigenvalue weighted by atomic mass is 19.1. The Morgan fingerprint density at radius 2 is 2.27 bits per heavy atom. The Kier molecular flexibility index (Phi) is 3.62. The summed E-state index contributed by atoms with van der Waals surface area (Å²) in [6.45, 7) is 1.42. The third-order valence-corrected chi connectivity index (χ3v) is 2.04. The molecule has 15 heavy (non-hydrogen) atoms. The van der Waals surface area contributed by atoms with Crippen molar-refractivity contribution in [2.45, 2.75) is 13.0 Å². The van der Waals surface area contributed by atoms with Crippen LogP contribution in [-0.2, 0) is 4.79 Å². The molecule has 0 saturated carbocycles. The molecule has 0 aromatic heterocycles. The Hall–Kier alpha value is -1.62. The topological polar surface area (TPSA) is 69.6 Å². The minimum Gasteiger partial charge on any atom is -0.479 e. The number of rotatable bonds is 4. The first-order valence-corrected chi connectivity index (χ1v) is 4.42. The first-order chi connectivity index (χ1) is 7.02. The van der Waals surface area contributed by atoms with Crippen LogP contribution in [0.4, 0.5) is 10.1 Å². The molecule has 3 N–H and O–H groups in total. The van der Waals surface area contributed by atoms with Gasteiger partial charge in [-0.25, -0.2) is 9.18 Å². The van der Waals surface area contributed by atoms with E-state index in [1.54, 1.807) is 13.0 Å². The second-order valence-electron chi connectivity index (χ2n) is 3.15. The zero-order valence-electron chi connectivity index (χ0n) is 8.20. The van der Waals surface area contributed by atoms with Gasteiger partial charge in [-0.3, -0.25) is 0 Å². The Balaban J connectivity index is 2.66. The molecule has 0 fully saturated rings. The molecule has 5 heteroatoms. The van der Waals surface area contributed by atoms with Crippen LogP contribution in [0, 0.1) is 12.7 Å². The summed E-state index contributed by atoms with van der Waals surface area (Å²) in [5, 5.41) is 20.1. The quantitative estimate of drug-likeness (QED) is 0.697. The molecule has 0 saturated heterocycles. The van der Waals surface area contributed by atoms with Crippen molar-refractivity contribution in [2.75, 3.05) is 11.9 Å². The van der Waals surface area contributed by atoms with E-state index in [2.05, 4.69) is 5.32 Å². The number of hydrogen-bond donors (Lipinski definition) is 3. The number of carboxylic acids is 1. The standard InChI is InChI=1S/C10H12FNO3/c1-6-7(11)3-2-4-8(6)12-5-9(13)10(14)15/h2-4,9,12-13H,5H2,1H3,(H,14,15). The van der Waals surface area contributed by atoms with Crippen LogP contribution in [-0.4, -0.2) is 28.8 Å². The molecular weight excluding hydrogens is 201 g/mol. The Bertz CT molecular complexity index is 368. The fourth-order valence-corrected chi connectivity index (χ4v) is 1.09. The smallest absolute Gasteiger partial charge is 0.334 e. The fraction of sp³-hybridized carbons (Fsp3) is 0.300. The normalized spacial score (nSPS) is 12.2. The number of aliphatic carboxylic acids is 1. The number of anilines is 1. The summed E-state index contributed by atoms with van der Waals surface area (Å²) in [6, 6.07) is 4.44. The Morgan fingerprint density at radius 1 is 1.60 bits per heavy atom. The summed E-state index contributed by atoms with van der Waals surface area (Å²) >= 11 is 0. The predicted octanol–water partition coefficient (Wildman–Crippen LogP) is 0.992. The van der Waals surface area contributed by atoms with Crippen LogP contribution in [0.25, 0.3) is 0 Å². The van der Waals surface area contributed by atoms with Crippen molar-refractivity contribution in [1.82, 2.24) is 0 Å². The predicted molar refractivity (Wildman–Crippen MR) is 53.3 cm³/mol. The van der Waals surface area contributed by atoms with Crippen LogP contribution in [0.3, 0.4) is 0 Å². The van der Waals surface area contributed by atoms with Gasteiger partial charge in [0.15, 0.2) is 6.10 Å². The van der Waals surface area contributed by atoms with Gasteiger partial charge in [0.2, 0.25) is 0 Å². The first-order valence-electron chi connectivity index (χ1n) is 4.42. The van der Waals surface area contributed by atoms with Crippen molar-refractivity contribution in [2.24, 2.45) is 0 Å². The van der Waals surface area contributed by atoms with Crippen LogP contribution in [0.15, 0.2) is 18.2 Å². The molecule has 1 rings (SSSR count). The van der Waals surface area contributed by atoms with Gasteiger partial charge < -0.3 is 15.5 Å². The van der Waals surface area contributed by atoms with E-state index >= 15 is 0 Å². The lowest BCUT2D eigenvalue weighted by Crippen LogP contribution is -2.28. The van der Waals surface area contributed by atoms with Crippen molar-refractivity contribution in [3.8, 4) is 0 Å².